The van der Waals surface area contributed by atoms with Gasteiger partial charge in [0.25, 0.3) is 0 Å². The second-order valence-electron chi connectivity index (χ2n) is 7.14. The zero-order valence-electron chi connectivity index (χ0n) is 15.8. The number of amides is 2. The van der Waals surface area contributed by atoms with Crippen LogP contribution >= 0.6 is 0 Å². The van der Waals surface area contributed by atoms with Crippen LogP contribution in [0.5, 0.6) is 0 Å². The first-order valence-corrected chi connectivity index (χ1v) is 9.18. The fourth-order valence-corrected chi connectivity index (χ4v) is 3.30. The van der Waals surface area contributed by atoms with Gasteiger partial charge in [-0.15, -0.1) is 0 Å². The zero-order chi connectivity index (χ0) is 18.8. The van der Waals surface area contributed by atoms with Gasteiger partial charge in [-0.1, -0.05) is 37.3 Å². The summed E-state index contributed by atoms with van der Waals surface area (Å²) in [5.41, 5.74) is 6.09. The Morgan fingerprint density at radius 2 is 1.54 bits per heavy atom. The Balaban J connectivity index is 1.64. The molecule has 26 heavy (non-hydrogen) atoms. The van der Waals surface area contributed by atoms with Crippen molar-refractivity contribution in [2.45, 2.75) is 40.5 Å². The summed E-state index contributed by atoms with van der Waals surface area (Å²) in [6, 6.07) is 11.9. The van der Waals surface area contributed by atoms with Crippen molar-refractivity contribution in [3.05, 3.63) is 58.7 Å². The van der Waals surface area contributed by atoms with Gasteiger partial charge in [-0.3, -0.25) is 9.59 Å². The van der Waals surface area contributed by atoms with Crippen LogP contribution in [0.15, 0.2) is 36.4 Å². The fraction of sp³-hybridized carbons (Fsp3) is 0.364. The third-order valence-corrected chi connectivity index (χ3v) is 5.31. The summed E-state index contributed by atoms with van der Waals surface area (Å²) in [4.78, 5) is 25.1. The quantitative estimate of drug-likeness (QED) is 0.840. The number of rotatable bonds is 5. The van der Waals surface area contributed by atoms with E-state index in [-0.39, 0.29) is 23.7 Å². The van der Waals surface area contributed by atoms with E-state index in [9.17, 15) is 9.59 Å². The van der Waals surface area contributed by atoms with Gasteiger partial charge >= 0.3 is 0 Å². The SMILES string of the molecule is CCc1cccc(C)c1NC(=O)C1CC1C(=O)Nc1cccc(C)c1C. The van der Waals surface area contributed by atoms with E-state index in [1.807, 2.05) is 57.2 Å². The number of hydrogen-bond acceptors (Lipinski definition) is 2. The monoisotopic (exact) mass is 350 g/mol. The molecule has 0 radical (unpaired) electrons. The Morgan fingerprint density at radius 1 is 0.923 bits per heavy atom. The predicted molar refractivity (Wildman–Crippen MR) is 105 cm³/mol. The fourth-order valence-electron chi connectivity index (χ4n) is 3.30. The van der Waals surface area contributed by atoms with Crippen LogP contribution in [-0.4, -0.2) is 11.8 Å². The Labute approximate surface area is 155 Å². The molecule has 136 valence electrons. The molecule has 2 aromatic carbocycles. The van der Waals surface area contributed by atoms with Crippen molar-refractivity contribution in [2.24, 2.45) is 11.8 Å². The molecule has 0 saturated heterocycles. The molecule has 2 N–H and O–H groups in total. The van der Waals surface area contributed by atoms with Crippen molar-refractivity contribution < 1.29 is 9.59 Å². The number of anilines is 2. The Morgan fingerprint density at radius 3 is 2.23 bits per heavy atom. The third-order valence-electron chi connectivity index (χ3n) is 5.31. The average molecular weight is 350 g/mol. The van der Waals surface area contributed by atoms with Gasteiger partial charge in [0.15, 0.2) is 0 Å². The number of nitrogens with one attached hydrogen (secondary N) is 2. The van der Waals surface area contributed by atoms with Gasteiger partial charge in [-0.25, -0.2) is 0 Å². The summed E-state index contributed by atoms with van der Waals surface area (Å²) in [6.07, 6.45) is 1.47. The van der Waals surface area contributed by atoms with Crippen molar-refractivity contribution in [1.29, 1.82) is 0 Å². The highest BCUT2D eigenvalue weighted by Crippen LogP contribution is 2.41. The number of carbonyl (C=O) groups is 2. The number of benzene rings is 2. The minimum atomic E-state index is -0.246. The van der Waals surface area contributed by atoms with Crippen molar-refractivity contribution in [2.75, 3.05) is 10.6 Å². The Bertz CT molecular complexity index is 857. The van der Waals surface area contributed by atoms with Gasteiger partial charge in [0, 0.05) is 11.4 Å². The smallest absolute Gasteiger partial charge is 0.228 e. The van der Waals surface area contributed by atoms with Crippen LogP contribution in [-0.2, 0) is 16.0 Å². The molecule has 4 nitrogen and oxygen atoms in total. The molecule has 0 bridgehead atoms. The number of carbonyl (C=O) groups excluding carboxylic acids is 2. The Hall–Kier alpha value is -2.62. The van der Waals surface area contributed by atoms with Crippen LogP contribution in [0.3, 0.4) is 0 Å². The number of para-hydroxylation sites is 1. The molecule has 0 aliphatic heterocycles. The van der Waals surface area contributed by atoms with Crippen molar-refractivity contribution in [1.82, 2.24) is 0 Å². The lowest BCUT2D eigenvalue weighted by molar-refractivity contribution is -0.122. The molecule has 0 heterocycles. The molecule has 3 rings (SSSR count). The van der Waals surface area contributed by atoms with E-state index in [0.717, 1.165) is 40.0 Å². The first-order chi connectivity index (χ1) is 12.4. The maximum absolute atomic E-state index is 12.6. The molecule has 0 aromatic heterocycles. The van der Waals surface area contributed by atoms with E-state index in [2.05, 4.69) is 17.6 Å². The summed E-state index contributed by atoms with van der Waals surface area (Å²) in [5, 5.41) is 6.02. The minimum absolute atomic E-state index is 0.0601. The lowest BCUT2D eigenvalue weighted by atomic mass is 10.1. The largest absolute Gasteiger partial charge is 0.326 e. The molecule has 1 aliphatic carbocycles. The van der Waals surface area contributed by atoms with E-state index in [1.54, 1.807) is 0 Å². The summed E-state index contributed by atoms with van der Waals surface area (Å²) < 4.78 is 0. The molecule has 0 spiro atoms. The molecular weight excluding hydrogens is 324 g/mol. The molecular formula is C22H26N2O2. The standard InChI is InChI=1S/C22H26N2O2/c1-5-16-10-6-9-14(3)20(16)24-22(26)18-12-17(18)21(25)23-19-11-7-8-13(2)15(19)4/h6-11,17-18H,5,12H2,1-4H3,(H,23,25)(H,24,26). The van der Waals surface area contributed by atoms with Gasteiger partial charge in [0.05, 0.1) is 11.8 Å². The molecule has 2 aromatic rings. The molecule has 1 aliphatic rings. The van der Waals surface area contributed by atoms with Gasteiger partial charge in [0.1, 0.15) is 0 Å². The second-order valence-corrected chi connectivity index (χ2v) is 7.14. The second kappa shape index (κ2) is 7.32. The minimum Gasteiger partial charge on any atom is -0.326 e. The molecule has 4 heteroatoms. The third kappa shape index (κ3) is 3.64. The highest BCUT2D eigenvalue weighted by Gasteiger charge is 2.48. The van der Waals surface area contributed by atoms with Crippen LogP contribution < -0.4 is 10.6 Å². The lowest BCUT2D eigenvalue weighted by Crippen LogP contribution is -2.21. The maximum atomic E-state index is 12.6. The number of aryl methyl sites for hydroxylation is 3. The van der Waals surface area contributed by atoms with Crippen LogP contribution in [0.2, 0.25) is 0 Å². The lowest BCUT2D eigenvalue weighted by Gasteiger charge is -2.13. The zero-order valence-corrected chi connectivity index (χ0v) is 15.8. The summed E-state index contributed by atoms with van der Waals surface area (Å²) in [7, 11) is 0. The summed E-state index contributed by atoms with van der Waals surface area (Å²) in [6.45, 7) is 8.08. The molecule has 2 atom stereocenters. The van der Waals surface area contributed by atoms with Gasteiger partial charge in [0.2, 0.25) is 11.8 Å². The van der Waals surface area contributed by atoms with Crippen molar-refractivity contribution >= 4 is 23.2 Å². The van der Waals surface area contributed by atoms with E-state index in [1.165, 1.54) is 0 Å². The van der Waals surface area contributed by atoms with Crippen LogP contribution in [0.25, 0.3) is 0 Å². The van der Waals surface area contributed by atoms with E-state index < -0.39 is 0 Å². The molecule has 1 saturated carbocycles. The van der Waals surface area contributed by atoms with Gasteiger partial charge < -0.3 is 10.6 Å². The van der Waals surface area contributed by atoms with E-state index in [4.69, 9.17) is 0 Å². The first kappa shape index (κ1) is 18.2. The normalized spacial score (nSPS) is 18.3. The van der Waals surface area contributed by atoms with Gasteiger partial charge in [-0.05, 0) is 61.9 Å². The topological polar surface area (TPSA) is 58.2 Å². The average Bonchev–Trinajstić information content (AvgIpc) is 3.41. The highest BCUT2D eigenvalue weighted by molar-refractivity contribution is 6.04. The van der Waals surface area contributed by atoms with Gasteiger partial charge in [-0.2, -0.15) is 0 Å². The highest BCUT2D eigenvalue weighted by atomic mass is 16.2. The first-order valence-electron chi connectivity index (χ1n) is 9.18. The van der Waals surface area contributed by atoms with Crippen LogP contribution in [0, 0.1) is 32.6 Å². The molecule has 2 unspecified atom stereocenters. The van der Waals surface area contributed by atoms with Crippen LogP contribution in [0.4, 0.5) is 11.4 Å². The summed E-state index contributed by atoms with van der Waals surface area (Å²) in [5.74, 6) is -0.622. The molecule has 2 amide bonds. The molecule has 1 fully saturated rings. The maximum Gasteiger partial charge on any atom is 0.228 e. The summed E-state index contributed by atoms with van der Waals surface area (Å²) >= 11 is 0. The van der Waals surface area contributed by atoms with E-state index in [0.29, 0.717) is 6.42 Å². The number of hydrogen-bond donors (Lipinski definition) is 2. The van der Waals surface area contributed by atoms with Crippen molar-refractivity contribution in [3.8, 4) is 0 Å². The van der Waals surface area contributed by atoms with E-state index >= 15 is 0 Å². The Kier molecular flexibility index (Phi) is 5.12. The predicted octanol–water partition coefficient (Wildman–Crippen LogP) is 4.39. The van der Waals surface area contributed by atoms with Crippen molar-refractivity contribution in [3.63, 3.8) is 0 Å². The van der Waals surface area contributed by atoms with Crippen LogP contribution in [0.1, 0.15) is 35.6 Å².